The molecule has 0 amide bonds. The van der Waals surface area contributed by atoms with E-state index in [2.05, 4.69) is 5.32 Å². The molecule has 1 aromatic rings. The highest BCUT2D eigenvalue weighted by atomic mass is 19.3. The zero-order valence-electron chi connectivity index (χ0n) is 11.5. The monoisotopic (exact) mass is 269 g/mol. The van der Waals surface area contributed by atoms with E-state index >= 15 is 0 Å². The Morgan fingerprint density at radius 3 is 2.58 bits per heavy atom. The highest BCUT2D eigenvalue weighted by Gasteiger charge is 2.35. The number of benzene rings is 1. The van der Waals surface area contributed by atoms with Crippen molar-refractivity contribution in [2.75, 3.05) is 20.2 Å². The van der Waals surface area contributed by atoms with Gasteiger partial charge >= 0.3 is 0 Å². The highest BCUT2D eigenvalue weighted by molar-refractivity contribution is 5.37. The molecule has 1 aromatic carbocycles. The highest BCUT2D eigenvalue weighted by Crippen LogP contribution is 2.38. The molecule has 1 aliphatic heterocycles. The molecule has 2 rings (SSSR count). The molecule has 2 nitrogen and oxygen atoms in total. The molecule has 1 aliphatic rings. The molecule has 1 heterocycles. The largest absolute Gasteiger partial charge is 0.496 e. The number of halogens is 2. The van der Waals surface area contributed by atoms with Crippen molar-refractivity contribution in [1.29, 1.82) is 0 Å². The fourth-order valence-corrected chi connectivity index (χ4v) is 2.67. The van der Waals surface area contributed by atoms with Gasteiger partial charge in [-0.2, -0.15) is 0 Å². The van der Waals surface area contributed by atoms with Gasteiger partial charge in [0.2, 0.25) is 0 Å². The number of rotatable bonds is 4. The third kappa shape index (κ3) is 3.44. The Labute approximate surface area is 113 Å². The molecule has 0 radical (unpaired) electrons. The summed E-state index contributed by atoms with van der Waals surface area (Å²) >= 11 is 0. The van der Waals surface area contributed by atoms with Gasteiger partial charge in [0.15, 0.2) is 0 Å². The second-order valence-electron chi connectivity index (χ2n) is 5.29. The number of nitrogens with one attached hydrogen (secondary N) is 1. The third-order valence-corrected chi connectivity index (χ3v) is 3.82. The van der Waals surface area contributed by atoms with Crippen LogP contribution in [0.4, 0.5) is 8.78 Å². The van der Waals surface area contributed by atoms with Gasteiger partial charge in [-0.1, -0.05) is 0 Å². The lowest BCUT2D eigenvalue weighted by Crippen LogP contribution is -2.30. The first kappa shape index (κ1) is 14.3. The van der Waals surface area contributed by atoms with Crippen LogP contribution in [0.3, 0.4) is 0 Å². The molecule has 0 bridgehead atoms. The fraction of sp³-hybridized carbons (Fsp3) is 0.600. The molecule has 106 valence electrons. The van der Waals surface area contributed by atoms with Gasteiger partial charge in [0.25, 0.3) is 5.92 Å². The van der Waals surface area contributed by atoms with E-state index in [1.807, 2.05) is 0 Å². The molecule has 4 heteroatoms. The molecular formula is C15H21F2NO. The van der Waals surface area contributed by atoms with Gasteiger partial charge in [0, 0.05) is 12.0 Å². The number of methoxy groups -OCH3 is 1. The lowest BCUT2D eigenvalue weighted by Gasteiger charge is -2.27. The second kappa shape index (κ2) is 5.87. The maximum atomic E-state index is 14.3. The van der Waals surface area contributed by atoms with Crippen LogP contribution >= 0.6 is 0 Å². The fourth-order valence-electron chi connectivity index (χ4n) is 2.67. The predicted octanol–water partition coefficient (Wildman–Crippen LogP) is 3.49. The molecule has 0 unspecified atom stereocenters. The summed E-state index contributed by atoms with van der Waals surface area (Å²) in [6.45, 7) is 3.49. The summed E-state index contributed by atoms with van der Waals surface area (Å²) in [5.74, 6) is -1.99. The smallest absolute Gasteiger partial charge is 0.273 e. The Morgan fingerprint density at radius 1 is 1.32 bits per heavy atom. The standard InChI is InChI=1S/C15H21F2NO/c1-11-9-13(3-4-14(11)19-2)15(16,17)10-12-5-7-18-8-6-12/h3-4,9,12,18H,5-8,10H2,1-2H3. The van der Waals surface area contributed by atoms with Crippen LogP contribution in [-0.4, -0.2) is 20.2 Å². The number of alkyl halides is 2. The summed E-state index contributed by atoms with van der Waals surface area (Å²) in [6, 6.07) is 4.65. The van der Waals surface area contributed by atoms with E-state index in [9.17, 15) is 8.78 Å². The Kier molecular flexibility index (Phi) is 4.40. The van der Waals surface area contributed by atoms with E-state index < -0.39 is 5.92 Å². The van der Waals surface area contributed by atoms with Gasteiger partial charge < -0.3 is 10.1 Å². The average Bonchev–Trinajstić information content (AvgIpc) is 2.39. The van der Waals surface area contributed by atoms with E-state index in [4.69, 9.17) is 4.74 Å². The minimum Gasteiger partial charge on any atom is -0.496 e. The molecule has 1 saturated heterocycles. The Morgan fingerprint density at radius 2 is 2.00 bits per heavy atom. The van der Waals surface area contributed by atoms with Crippen LogP contribution in [0.2, 0.25) is 0 Å². The van der Waals surface area contributed by atoms with E-state index in [1.54, 1.807) is 26.2 Å². The maximum Gasteiger partial charge on any atom is 0.273 e. The van der Waals surface area contributed by atoms with E-state index in [-0.39, 0.29) is 17.9 Å². The third-order valence-electron chi connectivity index (χ3n) is 3.82. The Balaban J connectivity index is 2.11. The number of piperidine rings is 1. The van der Waals surface area contributed by atoms with Crippen molar-refractivity contribution in [1.82, 2.24) is 5.32 Å². The van der Waals surface area contributed by atoms with Crippen molar-refractivity contribution in [3.8, 4) is 5.75 Å². The second-order valence-corrected chi connectivity index (χ2v) is 5.29. The van der Waals surface area contributed by atoms with Gasteiger partial charge in [-0.05, 0) is 62.5 Å². The summed E-state index contributed by atoms with van der Waals surface area (Å²) in [5.41, 5.74) is 0.856. The van der Waals surface area contributed by atoms with Crippen LogP contribution in [0.25, 0.3) is 0 Å². The average molecular weight is 269 g/mol. The Hall–Kier alpha value is -1.16. The van der Waals surface area contributed by atoms with Crippen LogP contribution in [0.5, 0.6) is 5.75 Å². The lowest BCUT2D eigenvalue weighted by atomic mass is 9.89. The quantitative estimate of drug-likeness (QED) is 0.903. The van der Waals surface area contributed by atoms with Gasteiger partial charge in [0.05, 0.1) is 7.11 Å². The van der Waals surface area contributed by atoms with E-state index in [1.165, 1.54) is 6.07 Å². The molecule has 1 fully saturated rings. The minimum absolute atomic E-state index is 0.0551. The molecule has 19 heavy (non-hydrogen) atoms. The number of hydrogen-bond acceptors (Lipinski definition) is 2. The SMILES string of the molecule is COc1ccc(C(F)(F)CC2CCNCC2)cc1C. The Bertz CT molecular complexity index is 428. The number of aryl methyl sites for hydroxylation is 1. The molecule has 0 spiro atoms. The van der Waals surface area contributed by atoms with Gasteiger partial charge in [0.1, 0.15) is 5.75 Å². The summed E-state index contributed by atoms with van der Waals surface area (Å²) in [5, 5.41) is 3.20. The molecule has 1 N–H and O–H groups in total. The summed E-state index contributed by atoms with van der Waals surface area (Å²) < 4.78 is 33.7. The zero-order chi connectivity index (χ0) is 13.9. The molecular weight excluding hydrogens is 248 g/mol. The van der Waals surface area contributed by atoms with Crippen LogP contribution in [0.15, 0.2) is 18.2 Å². The van der Waals surface area contributed by atoms with Crippen molar-refractivity contribution >= 4 is 0 Å². The first-order chi connectivity index (χ1) is 9.03. The predicted molar refractivity (Wildman–Crippen MR) is 71.8 cm³/mol. The zero-order valence-corrected chi connectivity index (χ0v) is 11.5. The van der Waals surface area contributed by atoms with Crippen LogP contribution in [0.1, 0.15) is 30.4 Å². The van der Waals surface area contributed by atoms with Crippen LogP contribution in [-0.2, 0) is 5.92 Å². The normalized spacial score (nSPS) is 17.5. The van der Waals surface area contributed by atoms with Crippen molar-refractivity contribution in [2.45, 2.75) is 32.1 Å². The summed E-state index contributed by atoms with van der Waals surface area (Å²) in [4.78, 5) is 0. The van der Waals surface area contributed by atoms with E-state index in [0.29, 0.717) is 5.75 Å². The maximum absolute atomic E-state index is 14.3. The number of hydrogen-bond donors (Lipinski definition) is 1. The summed E-state index contributed by atoms with van der Waals surface area (Å²) in [6.07, 6.45) is 1.62. The van der Waals surface area contributed by atoms with Crippen molar-refractivity contribution in [2.24, 2.45) is 5.92 Å². The number of ether oxygens (including phenoxy) is 1. The lowest BCUT2D eigenvalue weighted by molar-refractivity contribution is -0.0327. The van der Waals surface area contributed by atoms with Crippen molar-refractivity contribution in [3.05, 3.63) is 29.3 Å². The summed E-state index contributed by atoms with van der Waals surface area (Å²) in [7, 11) is 1.55. The van der Waals surface area contributed by atoms with Crippen LogP contribution in [0, 0.1) is 12.8 Å². The van der Waals surface area contributed by atoms with Gasteiger partial charge in [-0.3, -0.25) is 0 Å². The molecule has 0 atom stereocenters. The molecule has 0 aromatic heterocycles. The van der Waals surface area contributed by atoms with Gasteiger partial charge in [-0.15, -0.1) is 0 Å². The molecule has 0 aliphatic carbocycles. The van der Waals surface area contributed by atoms with E-state index in [0.717, 1.165) is 31.5 Å². The van der Waals surface area contributed by atoms with Crippen molar-refractivity contribution < 1.29 is 13.5 Å². The van der Waals surface area contributed by atoms with Crippen molar-refractivity contribution in [3.63, 3.8) is 0 Å². The minimum atomic E-state index is -2.75. The first-order valence-electron chi connectivity index (χ1n) is 6.76. The van der Waals surface area contributed by atoms with Crippen LogP contribution < -0.4 is 10.1 Å². The topological polar surface area (TPSA) is 21.3 Å². The molecule has 0 saturated carbocycles. The first-order valence-corrected chi connectivity index (χ1v) is 6.76. The van der Waals surface area contributed by atoms with Gasteiger partial charge in [-0.25, -0.2) is 8.78 Å².